The van der Waals surface area contributed by atoms with Crippen molar-refractivity contribution in [2.24, 2.45) is 0 Å². The highest BCUT2D eigenvalue weighted by Gasteiger charge is 2.21. The Morgan fingerprint density at radius 3 is 2.35 bits per heavy atom. The second-order valence-corrected chi connectivity index (χ2v) is 5.85. The first kappa shape index (κ1) is 15.7. The number of nitrogens with one attached hydrogen (secondary N) is 1. The lowest BCUT2D eigenvalue weighted by molar-refractivity contribution is -0.914. The molecule has 0 saturated carbocycles. The number of hydrogen-bond acceptors (Lipinski definition) is 2. The van der Waals surface area contributed by atoms with E-state index in [0.717, 1.165) is 38.0 Å². The molecule has 0 radical (unpaired) electrons. The first-order valence-corrected chi connectivity index (χ1v) is 7.82. The van der Waals surface area contributed by atoms with Crippen LogP contribution in [-0.2, 0) is 6.54 Å². The summed E-state index contributed by atoms with van der Waals surface area (Å²) in [4.78, 5) is 3.64. The standard InChI is InChI=1S/C18H20F2N2O/c1-23-17-6-4-16(5-7-17)22-10-8-21(9-11-22)13-14-2-3-15(19)12-18(14)20/h2-7,12H,8-11,13H2,1H3/p+1. The van der Waals surface area contributed by atoms with Crippen molar-refractivity contribution < 1.29 is 18.4 Å². The second kappa shape index (κ2) is 6.96. The third-order valence-electron chi connectivity index (χ3n) is 4.36. The van der Waals surface area contributed by atoms with Crippen LogP contribution >= 0.6 is 0 Å². The zero-order valence-electron chi connectivity index (χ0n) is 13.2. The maximum absolute atomic E-state index is 13.7. The summed E-state index contributed by atoms with van der Waals surface area (Å²) >= 11 is 0. The second-order valence-electron chi connectivity index (χ2n) is 5.85. The van der Waals surface area contributed by atoms with Crippen molar-refractivity contribution in [1.82, 2.24) is 0 Å². The van der Waals surface area contributed by atoms with Crippen LogP contribution in [0.1, 0.15) is 5.56 Å². The average molecular weight is 319 g/mol. The summed E-state index contributed by atoms with van der Waals surface area (Å²) in [5.74, 6) is -0.120. The summed E-state index contributed by atoms with van der Waals surface area (Å²) < 4.78 is 31.9. The summed E-state index contributed by atoms with van der Waals surface area (Å²) in [6.07, 6.45) is 0. The average Bonchev–Trinajstić information content (AvgIpc) is 2.58. The third kappa shape index (κ3) is 3.79. The van der Waals surface area contributed by atoms with E-state index in [4.69, 9.17) is 4.74 Å². The number of anilines is 1. The van der Waals surface area contributed by atoms with E-state index >= 15 is 0 Å². The number of nitrogens with zero attached hydrogens (tertiary/aromatic N) is 1. The maximum Gasteiger partial charge on any atom is 0.134 e. The number of benzene rings is 2. The number of rotatable bonds is 4. The zero-order chi connectivity index (χ0) is 16.2. The SMILES string of the molecule is COc1ccc(N2CC[NH+](Cc3ccc(F)cc3F)CC2)cc1. The van der Waals surface area contributed by atoms with Crippen molar-refractivity contribution in [2.75, 3.05) is 38.2 Å². The van der Waals surface area contributed by atoms with Gasteiger partial charge in [0.05, 0.1) is 33.3 Å². The first-order chi connectivity index (χ1) is 11.2. The minimum atomic E-state index is -0.523. The summed E-state index contributed by atoms with van der Waals surface area (Å²) in [7, 11) is 1.66. The number of ether oxygens (including phenoxy) is 1. The van der Waals surface area contributed by atoms with Gasteiger partial charge < -0.3 is 14.5 Å². The number of methoxy groups -OCH3 is 1. The highest BCUT2D eigenvalue weighted by Crippen LogP contribution is 2.19. The van der Waals surface area contributed by atoms with Gasteiger partial charge in [0.1, 0.15) is 23.9 Å². The lowest BCUT2D eigenvalue weighted by Gasteiger charge is -2.33. The predicted molar refractivity (Wildman–Crippen MR) is 86.0 cm³/mol. The van der Waals surface area contributed by atoms with E-state index in [1.807, 2.05) is 12.1 Å². The molecule has 23 heavy (non-hydrogen) atoms. The van der Waals surface area contributed by atoms with E-state index in [0.29, 0.717) is 12.1 Å². The van der Waals surface area contributed by atoms with Crippen LogP contribution in [0.25, 0.3) is 0 Å². The summed E-state index contributed by atoms with van der Waals surface area (Å²) in [5, 5.41) is 0. The van der Waals surface area contributed by atoms with E-state index in [9.17, 15) is 8.78 Å². The molecule has 1 heterocycles. The van der Waals surface area contributed by atoms with Gasteiger partial charge in [-0.05, 0) is 36.4 Å². The van der Waals surface area contributed by atoms with E-state index in [1.54, 1.807) is 13.2 Å². The molecule has 5 heteroatoms. The topological polar surface area (TPSA) is 16.9 Å². The Labute approximate surface area is 135 Å². The normalized spacial score (nSPS) is 15.7. The molecule has 0 aliphatic carbocycles. The molecule has 1 saturated heterocycles. The first-order valence-electron chi connectivity index (χ1n) is 7.82. The molecule has 3 nitrogen and oxygen atoms in total. The Morgan fingerprint density at radius 2 is 1.74 bits per heavy atom. The fourth-order valence-corrected chi connectivity index (χ4v) is 2.99. The smallest absolute Gasteiger partial charge is 0.134 e. The predicted octanol–water partition coefficient (Wildman–Crippen LogP) is 1.88. The Morgan fingerprint density at radius 1 is 1.04 bits per heavy atom. The molecule has 2 aromatic rings. The molecular weight excluding hydrogens is 298 g/mol. The molecule has 1 aliphatic heterocycles. The Hall–Kier alpha value is -2.14. The van der Waals surface area contributed by atoms with Crippen LogP contribution in [0.4, 0.5) is 14.5 Å². The molecule has 3 rings (SSSR count). The fourth-order valence-electron chi connectivity index (χ4n) is 2.99. The van der Waals surface area contributed by atoms with Crippen molar-refractivity contribution in [3.63, 3.8) is 0 Å². The summed E-state index contributed by atoms with van der Waals surface area (Å²) in [5.41, 5.74) is 1.76. The quantitative estimate of drug-likeness (QED) is 0.927. The number of hydrogen-bond donors (Lipinski definition) is 1. The van der Waals surface area contributed by atoms with Gasteiger partial charge in [0, 0.05) is 17.3 Å². The van der Waals surface area contributed by atoms with E-state index in [2.05, 4.69) is 17.0 Å². The van der Waals surface area contributed by atoms with Crippen molar-refractivity contribution >= 4 is 5.69 Å². The molecular formula is C18H21F2N2O+. The van der Waals surface area contributed by atoms with Gasteiger partial charge in [0.25, 0.3) is 0 Å². The molecule has 0 unspecified atom stereocenters. The highest BCUT2D eigenvalue weighted by molar-refractivity contribution is 5.49. The van der Waals surface area contributed by atoms with Crippen molar-refractivity contribution in [3.8, 4) is 5.75 Å². The summed E-state index contributed by atoms with van der Waals surface area (Å²) in [6, 6.07) is 11.9. The van der Waals surface area contributed by atoms with Crippen LogP contribution < -0.4 is 14.5 Å². The van der Waals surface area contributed by atoms with Crippen molar-refractivity contribution in [2.45, 2.75) is 6.54 Å². The molecule has 0 bridgehead atoms. The van der Waals surface area contributed by atoms with E-state index in [-0.39, 0.29) is 0 Å². The van der Waals surface area contributed by atoms with Gasteiger partial charge in [-0.1, -0.05) is 0 Å². The number of piperazine rings is 1. The monoisotopic (exact) mass is 319 g/mol. The van der Waals surface area contributed by atoms with Crippen LogP contribution in [0.15, 0.2) is 42.5 Å². The van der Waals surface area contributed by atoms with Gasteiger partial charge >= 0.3 is 0 Å². The molecule has 0 atom stereocenters. The van der Waals surface area contributed by atoms with Crippen LogP contribution in [0.2, 0.25) is 0 Å². The van der Waals surface area contributed by atoms with Crippen LogP contribution in [-0.4, -0.2) is 33.3 Å². The maximum atomic E-state index is 13.7. The Balaban J connectivity index is 1.57. The molecule has 0 spiro atoms. The third-order valence-corrected chi connectivity index (χ3v) is 4.36. The number of quaternary nitrogens is 1. The van der Waals surface area contributed by atoms with Crippen LogP contribution in [0, 0.1) is 11.6 Å². The largest absolute Gasteiger partial charge is 0.497 e. The molecule has 1 fully saturated rings. The fraction of sp³-hybridized carbons (Fsp3) is 0.333. The minimum absolute atomic E-state index is 0.449. The van der Waals surface area contributed by atoms with Gasteiger partial charge in [-0.15, -0.1) is 0 Å². The van der Waals surface area contributed by atoms with Gasteiger partial charge in [-0.25, -0.2) is 8.78 Å². The molecule has 2 aromatic carbocycles. The van der Waals surface area contributed by atoms with Crippen molar-refractivity contribution in [1.29, 1.82) is 0 Å². The minimum Gasteiger partial charge on any atom is -0.497 e. The summed E-state index contributed by atoms with van der Waals surface area (Å²) in [6.45, 7) is 4.31. The van der Waals surface area contributed by atoms with Gasteiger partial charge in [0.15, 0.2) is 0 Å². The number of halogens is 2. The molecule has 1 N–H and O–H groups in total. The van der Waals surface area contributed by atoms with Gasteiger partial charge in [-0.3, -0.25) is 0 Å². The lowest BCUT2D eigenvalue weighted by Crippen LogP contribution is -3.13. The molecule has 0 aromatic heterocycles. The van der Waals surface area contributed by atoms with Gasteiger partial charge in [-0.2, -0.15) is 0 Å². The Bertz CT molecular complexity index is 653. The highest BCUT2D eigenvalue weighted by atomic mass is 19.1. The molecule has 1 aliphatic rings. The molecule has 122 valence electrons. The van der Waals surface area contributed by atoms with Crippen LogP contribution in [0.3, 0.4) is 0 Å². The lowest BCUT2D eigenvalue weighted by atomic mass is 10.1. The zero-order valence-corrected chi connectivity index (χ0v) is 13.2. The molecule has 0 amide bonds. The van der Waals surface area contributed by atoms with E-state index in [1.165, 1.54) is 16.7 Å². The van der Waals surface area contributed by atoms with E-state index < -0.39 is 11.6 Å². The van der Waals surface area contributed by atoms with Crippen LogP contribution in [0.5, 0.6) is 5.75 Å². The van der Waals surface area contributed by atoms with Gasteiger partial charge in [0.2, 0.25) is 0 Å². The van der Waals surface area contributed by atoms with Crippen molar-refractivity contribution in [3.05, 3.63) is 59.7 Å². The Kier molecular flexibility index (Phi) is 4.76.